The Kier molecular flexibility index (Phi) is 4.45. The van der Waals surface area contributed by atoms with E-state index in [0.29, 0.717) is 37.1 Å². The molecule has 0 aliphatic carbocycles. The van der Waals surface area contributed by atoms with Crippen LogP contribution in [0, 0.1) is 13.8 Å². The van der Waals surface area contributed by atoms with Gasteiger partial charge in [-0.15, -0.1) is 0 Å². The average molecular weight is 328 g/mol. The standard InChI is InChI=1S/C19H24N2O3/c1-13-5-7-15(8-6-13)18-20-16(14(2)24-18)11-17(22)21-9-10-23-12-19(21,3)4/h5-8H,9-12H2,1-4H3. The fourth-order valence-corrected chi connectivity index (χ4v) is 2.97. The van der Waals surface area contributed by atoms with Gasteiger partial charge < -0.3 is 14.1 Å². The molecule has 1 saturated heterocycles. The lowest BCUT2D eigenvalue weighted by molar-refractivity contribution is -0.145. The molecule has 1 fully saturated rings. The number of nitrogens with zero attached hydrogens (tertiary/aromatic N) is 2. The van der Waals surface area contributed by atoms with Crippen molar-refractivity contribution in [2.45, 2.75) is 39.7 Å². The van der Waals surface area contributed by atoms with Gasteiger partial charge in [0.05, 0.1) is 30.9 Å². The molecule has 1 aliphatic rings. The molecule has 0 N–H and O–H groups in total. The largest absolute Gasteiger partial charge is 0.441 e. The Morgan fingerprint density at radius 2 is 1.96 bits per heavy atom. The topological polar surface area (TPSA) is 55.6 Å². The maximum absolute atomic E-state index is 12.7. The van der Waals surface area contributed by atoms with Crippen LogP contribution in [0.2, 0.25) is 0 Å². The number of aromatic nitrogens is 1. The molecule has 3 rings (SSSR count). The fraction of sp³-hybridized carbons (Fsp3) is 0.474. The van der Waals surface area contributed by atoms with Crippen LogP contribution >= 0.6 is 0 Å². The zero-order valence-corrected chi connectivity index (χ0v) is 14.8. The lowest BCUT2D eigenvalue weighted by atomic mass is 10.0. The van der Waals surface area contributed by atoms with Crippen LogP contribution in [0.5, 0.6) is 0 Å². The van der Waals surface area contributed by atoms with Crippen molar-refractivity contribution in [2.75, 3.05) is 19.8 Å². The molecule has 5 heteroatoms. The number of carbonyl (C=O) groups excluding carboxylic acids is 1. The van der Waals surface area contributed by atoms with Gasteiger partial charge in [0.2, 0.25) is 11.8 Å². The zero-order chi connectivity index (χ0) is 17.3. The Bertz CT molecular complexity index is 732. The van der Waals surface area contributed by atoms with Crippen LogP contribution in [-0.2, 0) is 16.0 Å². The van der Waals surface area contributed by atoms with E-state index in [-0.39, 0.29) is 17.9 Å². The van der Waals surface area contributed by atoms with Gasteiger partial charge in [-0.1, -0.05) is 17.7 Å². The lowest BCUT2D eigenvalue weighted by Crippen LogP contribution is -2.56. The highest BCUT2D eigenvalue weighted by atomic mass is 16.5. The Morgan fingerprint density at radius 3 is 2.62 bits per heavy atom. The van der Waals surface area contributed by atoms with Crippen LogP contribution in [0.25, 0.3) is 11.5 Å². The number of benzene rings is 1. The molecule has 0 unspecified atom stereocenters. The third-order valence-electron chi connectivity index (χ3n) is 4.46. The number of oxazole rings is 1. The van der Waals surface area contributed by atoms with E-state index in [1.807, 2.05) is 56.9 Å². The molecule has 0 radical (unpaired) electrons. The quantitative estimate of drug-likeness (QED) is 0.868. The van der Waals surface area contributed by atoms with Crippen LogP contribution in [-0.4, -0.2) is 41.1 Å². The van der Waals surface area contributed by atoms with Crippen LogP contribution in [0.3, 0.4) is 0 Å². The number of rotatable bonds is 3. The fourth-order valence-electron chi connectivity index (χ4n) is 2.97. The van der Waals surface area contributed by atoms with Gasteiger partial charge in [-0.2, -0.15) is 0 Å². The van der Waals surface area contributed by atoms with Gasteiger partial charge in [0.1, 0.15) is 5.76 Å². The first-order valence-corrected chi connectivity index (χ1v) is 8.28. The predicted octanol–water partition coefficient (Wildman–Crippen LogP) is 3.14. The van der Waals surface area contributed by atoms with Crippen molar-refractivity contribution in [3.05, 3.63) is 41.3 Å². The SMILES string of the molecule is Cc1ccc(-c2nc(CC(=O)N3CCOCC3(C)C)c(C)o2)cc1. The highest BCUT2D eigenvalue weighted by Crippen LogP contribution is 2.24. The van der Waals surface area contributed by atoms with Crippen molar-refractivity contribution in [1.29, 1.82) is 0 Å². The molecule has 1 aromatic carbocycles. The number of aryl methyl sites for hydroxylation is 2. The first-order chi connectivity index (χ1) is 11.4. The number of hydrogen-bond acceptors (Lipinski definition) is 4. The highest BCUT2D eigenvalue weighted by molar-refractivity contribution is 5.79. The van der Waals surface area contributed by atoms with Gasteiger partial charge in [0, 0.05) is 12.1 Å². The number of morpholine rings is 1. The smallest absolute Gasteiger partial charge is 0.229 e. The van der Waals surface area contributed by atoms with Crippen molar-refractivity contribution in [2.24, 2.45) is 0 Å². The molecule has 0 saturated carbocycles. The maximum Gasteiger partial charge on any atom is 0.229 e. The maximum atomic E-state index is 12.7. The Labute approximate surface area is 142 Å². The summed E-state index contributed by atoms with van der Waals surface area (Å²) < 4.78 is 11.3. The molecular formula is C19H24N2O3. The number of ether oxygens (including phenoxy) is 1. The lowest BCUT2D eigenvalue weighted by Gasteiger charge is -2.42. The molecule has 128 valence electrons. The van der Waals surface area contributed by atoms with E-state index in [0.717, 1.165) is 5.56 Å². The second-order valence-electron chi connectivity index (χ2n) is 6.98. The number of amides is 1. The highest BCUT2D eigenvalue weighted by Gasteiger charge is 2.34. The first-order valence-electron chi connectivity index (χ1n) is 8.28. The van der Waals surface area contributed by atoms with Crippen molar-refractivity contribution in [3.63, 3.8) is 0 Å². The molecule has 0 atom stereocenters. The van der Waals surface area contributed by atoms with E-state index < -0.39 is 0 Å². The average Bonchev–Trinajstić information content (AvgIpc) is 2.88. The molecule has 1 amide bonds. The minimum Gasteiger partial charge on any atom is -0.441 e. The molecule has 24 heavy (non-hydrogen) atoms. The second kappa shape index (κ2) is 6.40. The summed E-state index contributed by atoms with van der Waals surface area (Å²) in [5.74, 6) is 1.33. The second-order valence-corrected chi connectivity index (χ2v) is 6.98. The third kappa shape index (κ3) is 3.36. The molecule has 1 aromatic heterocycles. The van der Waals surface area contributed by atoms with Gasteiger partial charge in [-0.3, -0.25) is 4.79 Å². The van der Waals surface area contributed by atoms with Crippen molar-refractivity contribution in [3.8, 4) is 11.5 Å². The van der Waals surface area contributed by atoms with Crippen molar-refractivity contribution < 1.29 is 13.9 Å². The molecule has 0 bridgehead atoms. The van der Waals surface area contributed by atoms with Gasteiger partial charge in [-0.25, -0.2) is 4.98 Å². The normalized spacial score (nSPS) is 17.1. The van der Waals surface area contributed by atoms with E-state index >= 15 is 0 Å². The Hall–Kier alpha value is -2.14. The van der Waals surface area contributed by atoms with E-state index in [1.165, 1.54) is 5.56 Å². The molecule has 5 nitrogen and oxygen atoms in total. The van der Waals surface area contributed by atoms with Crippen molar-refractivity contribution in [1.82, 2.24) is 9.88 Å². The summed E-state index contributed by atoms with van der Waals surface area (Å²) in [6.07, 6.45) is 0.255. The molecular weight excluding hydrogens is 304 g/mol. The van der Waals surface area contributed by atoms with Crippen LogP contribution in [0.15, 0.2) is 28.7 Å². The Balaban J connectivity index is 1.78. The zero-order valence-electron chi connectivity index (χ0n) is 14.8. The summed E-state index contributed by atoms with van der Waals surface area (Å²) in [5.41, 5.74) is 2.53. The third-order valence-corrected chi connectivity index (χ3v) is 4.46. The van der Waals surface area contributed by atoms with E-state index in [2.05, 4.69) is 4.98 Å². The Morgan fingerprint density at radius 1 is 1.25 bits per heavy atom. The van der Waals surface area contributed by atoms with Crippen LogP contribution in [0.1, 0.15) is 30.9 Å². The molecule has 2 heterocycles. The van der Waals surface area contributed by atoms with Crippen LogP contribution in [0.4, 0.5) is 0 Å². The van der Waals surface area contributed by atoms with Gasteiger partial charge in [0.15, 0.2) is 0 Å². The molecule has 0 spiro atoms. The summed E-state index contributed by atoms with van der Waals surface area (Å²) >= 11 is 0. The number of carbonyl (C=O) groups is 1. The number of hydrogen-bond donors (Lipinski definition) is 0. The van der Waals surface area contributed by atoms with E-state index in [4.69, 9.17) is 9.15 Å². The summed E-state index contributed by atoms with van der Waals surface area (Å²) in [4.78, 5) is 19.1. The summed E-state index contributed by atoms with van der Waals surface area (Å²) in [7, 11) is 0. The van der Waals surface area contributed by atoms with Gasteiger partial charge in [-0.05, 0) is 39.8 Å². The van der Waals surface area contributed by atoms with Gasteiger partial charge >= 0.3 is 0 Å². The summed E-state index contributed by atoms with van der Waals surface area (Å²) in [6.45, 7) is 9.71. The van der Waals surface area contributed by atoms with Gasteiger partial charge in [0.25, 0.3) is 0 Å². The molecule has 2 aromatic rings. The molecule has 1 aliphatic heterocycles. The van der Waals surface area contributed by atoms with E-state index in [9.17, 15) is 4.79 Å². The first kappa shape index (κ1) is 16.7. The van der Waals surface area contributed by atoms with Crippen molar-refractivity contribution >= 4 is 5.91 Å². The van der Waals surface area contributed by atoms with E-state index in [1.54, 1.807) is 0 Å². The summed E-state index contributed by atoms with van der Waals surface area (Å²) in [5, 5.41) is 0. The monoisotopic (exact) mass is 328 g/mol. The summed E-state index contributed by atoms with van der Waals surface area (Å²) in [6, 6.07) is 8.01. The minimum atomic E-state index is -0.285. The minimum absolute atomic E-state index is 0.0650. The van der Waals surface area contributed by atoms with Crippen LogP contribution < -0.4 is 0 Å². The predicted molar refractivity (Wildman–Crippen MR) is 91.7 cm³/mol.